The molecule has 1 aliphatic rings. The number of nitrogen functional groups attached to an aromatic ring is 1. The van der Waals surface area contributed by atoms with Gasteiger partial charge in [0, 0.05) is 19.3 Å². The van der Waals surface area contributed by atoms with E-state index in [1.165, 1.54) is 19.3 Å². The van der Waals surface area contributed by atoms with Crippen LogP contribution in [0.4, 0.5) is 11.8 Å². The second-order valence-corrected chi connectivity index (χ2v) is 4.25. The maximum atomic E-state index is 5.92. The third-order valence-electron chi connectivity index (χ3n) is 3.03. The van der Waals surface area contributed by atoms with Crippen LogP contribution in [0, 0.1) is 0 Å². The Kier molecular flexibility index (Phi) is 2.75. The molecule has 0 bridgehead atoms. The predicted molar refractivity (Wildman–Crippen MR) is 65.7 cm³/mol. The molecule has 0 radical (unpaired) electrons. The maximum Gasteiger partial charge on any atom is 0.227 e. The average molecular weight is 246 g/mol. The predicted octanol–water partition coefficient (Wildman–Crippen LogP) is 0.229. The third kappa shape index (κ3) is 1.96. The highest BCUT2D eigenvalue weighted by atomic mass is 15.5. The van der Waals surface area contributed by atoms with Gasteiger partial charge >= 0.3 is 0 Å². The van der Waals surface area contributed by atoms with Gasteiger partial charge < -0.3 is 10.6 Å². The number of aromatic amines is 1. The van der Waals surface area contributed by atoms with Crippen LogP contribution in [0.3, 0.4) is 0 Å². The number of aromatic nitrogens is 6. The summed E-state index contributed by atoms with van der Waals surface area (Å²) >= 11 is 0. The van der Waals surface area contributed by atoms with Crippen molar-refractivity contribution in [2.75, 3.05) is 23.7 Å². The molecule has 1 fully saturated rings. The number of hydrogen-bond donors (Lipinski definition) is 2. The van der Waals surface area contributed by atoms with Crippen LogP contribution in [-0.4, -0.2) is 43.7 Å². The molecule has 0 atom stereocenters. The second-order valence-electron chi connectivity index (χ2n) is 4.25. The molecule has 8 nitrogen and oxygen atoms in total. The van der Waals surface area contributed by atoms with E-state index in [9.17, 15) is 0 Å². The Balaban J connectivity index is 1.89. The van der Waals surface area contributed by atoms with Gasteiger partial charge in [-0.3, -0.25) is 0 Å². The summed E-state index contributed by atoms with van der Waals surface area (Å²) in [5, 5.41) is 13.6. The summed E-state index contributed by atoms with van der Waals surface area (Å²) in [6.07, 6.45) is 5.27. The van der Waals surface area contributed by atoms with Crippen molar-refractivity contribution in [1.29, 1.82) is 0 Å². The van der Waals surface area contributed by atoms with Gasteiger partial charge in [0.1, 0.15) is 5.82 Å². The largest absolute Gasteiger partial charge is 0.383 e. The standard InChI is InChI=1S/C10H14N8/c11-8-7(9-14-16-17-15-9)6-12-10(13-8)18-4-2-1-3-5-18/h6H,1-5H2,(H2,11,12,13)(H,14,15,16,17). The Hall–Kier alpha value is -2.25. The highest BCUT2D eigenvalue weighted by Gasteiger charge is 2.16. The highest BCUT2D eigenvalue weighted by Crippen LogP contribution is 2.22. The molecule has 2 aromatic heterocycles. The number of nitrogens with zero attached hydrogens (tertiary/aromatic N) is 6. The summed E-state index contributed by atoms with van der Waals surface area (Å²) < 4.78 is 0. The molecule has 2 aromatic rings. The minimum absolute atomic E-state index is 0.381. The van der Waals surface area contributed by atoms with Gasteiger partial charge in [0.05, 0.1) is 5.56 Å². The summed E-state index contributed by atoms with van der Waals surface area (Å²) in [5.74, 6) is 1.48. The first kappa shape index (κ1) is 10.9. The van der Waals surface area contributed by atoms with Crippen molar-refractivity contribution in [3.63, 3.8) is 0 Å². The van der Waals surface area contributed by atoms with Gasteiger partial charge in [-0.25, -0.2) is 4.98 Å². The Labute approximate surface area is 104 Å². The van der Waals surface area contributed by atoms with Crippen molar-refractivity contribution in [3.8, 4) is 11.4 Å². The lowest BCUT2D eigenvalue weighted by molar-refractivity contribution is 0.568. The number of tetrazole rings is 1. The molecule has 18 heavy (non-hydrogen) atoms. The van der Waals surface area contributed by atoms with Crippen LogP contribution in [0.15, 0.2) is 6.20 Å². The Morgan fingerprint density at radius 1 is 1.22 bits per heavy atom. The van der Waals surface area contributed by atoms with E-state index >= 15 is 0 Å². The van der Waals surface area contributed by atoms with E-state index < -0.39 is 0 Å². The SMILES string of the molecule is Nc1nc(N2CCCCC2)ncc1-c1nn[nH]n1. The van der Waals surface area contributed by atoms with E-state index in [2.05, 4.69) is 35.5 Å². The van der Waals surface area contributed by atoms with E-state index in [4.69, 9.17) is 5.73 Å². The molecular formula is C10H14N8. The Bertz CT molecular complexity index is 517. The lowest BCUT2D eigenvalue weighted by atomic mass is 10.1. The molecular weight excluding hydrogens is 232 g/mol. The van der Waals surface area contributed by atoms with Gasteiger partial charge in [0.15, 0.2) is 0 Å². The lowest BCUT2D eigenvalue weighted by Gasteiger charge is -2.26. The van der Waals surface area contributed by atoms with Crippen molar-refractivity contribution < 1.29 is 0 Å². The minimum atomic E-state index is 0.381. The first-order valence-electron chi connectivity index (χ1n) is 5.96. The van der Waals surface area contributed by atoms with Crippen LogP contribution < -0.4 is 10.6 Å². The minimum Gasteiger partial charge on any atom is -0.383 e. The molecule has 3 N–H and O–H groups in total. The van der Waals surface area contributed by atoms with Crippen LogP contribution in [0.25, 0.3) is 11.4 Å². The van der Waals surface area contributed by atoms with Crippen LogP contribution in [0.2, 0.25) is 0 Å². The number of H-pyrrole nitrogens is 1. The Morgan fingerprint density at radius 3 is 2.72 bits per heavy atom. The molecule has 0 saturated carbocycles. The molecule has 0 unspecified atom stereocenters. The van der Waals surface area contributed by atoms with Crippen LogP contribution in [0.5, 0.6) is 0 Å². The van der Waals surface area contributed by atoms with E-state index in [1.807, 2.05) is 0 Å². The summed E-state index contributed by atoms with van der Waals surface area (Å²) in [6, 6.07) is 0. The summed E-state index contributed by atoms with van der Waals surface area (Å²) in [5.41, 5.74) is 6.52. The molecule has 8 heteroatoms. The fourth-order valence-electron chi connectivity index (χ4n) is 2.08. The average Bonchev–Trinajstić information content (AvgIpc) is 2.93. The van der Waals surface area contributed by atoms with Gasteiger partial charge in [0.25, 0.3) is 0 Å². The fraction of sp³-hybridized carbons (Fsp3) is 0.500. The zero-order valence-electron chi connectivity index (χ0n) is 9.87. The first-order valence-corrected chi connectivity index (χ1v) is 5.96. The Morgan fingerprint density at radius 2 is 2.06 bits per heavy atom. The monoisotopic (exact) mass is 246 g/mol. The zero-order chi connectivity index (χ0) is 12.4. The van der Waals surface area contributed by atoms with Crippen molar-refractivity contribution in [2.24, 2.45) is 0 Å². The van der Waals surface area contributed by atoms with E-state index in [1.54, 1.807) is 6.20 Å². The van der Waals surface area contributed by atoms with Crippen LogP contribution in [0.1, 0.15) is 19.3 Å². The summed E-state index contributed by atoms with van der Waals surface area (Å²) in [7, 11) is 0. The van der Waals surface area contributed by atoms with Gasteiger partial charge in [-0.05, 0) is 24.5 Å². The number of anilines is 2. The zero-order valence-corrected chi connectivity index (χ0v) is 9.87. The van der Waals surface area contributed by atoms with Crippen molar-refractivity contribution >= 4 is 11.8 Å². The van der Waals surface area contributed by atoms with Crippen molar-refractivity contribution in [3.05, 3.63) is 6.20 Å². The maximum absolute atomic E-state index is 5.92. The molecule has 94 valence electrons. The number of piperidine rings is 1. The molecule has 1 aliphatic heterocycles. The van der Waals surface area contributed by atoms with Crippen molar-refractivity contribution in [2.45, 2.75) is 19.3 Å². The molecule has 0 amide bonds. The quantitative estimate of drug-likeness (QED) is 0.780. The second kappa shape index (κ2) is 4.55. The van der Waals surface area contributed by atoms with Crippen LogP contribution in [-0.2, 0) is 0 Å². The number of nitrogens with one attached hydrogen (secondary N) is 1. The fourth-order valence-corrected chi connectivity index (χ4v) is 2.08. The number of nitrogens with two attached hydrogens (primary N) is 1. The number of hydrogen-bond acceptors (Lipinski definition) is 7. The topological polar surface area (TPSA) is 110 Å². The first-order chi connectivity index (χ1) is 8.84. The molecule has 3 heterocycles. The third-order valence-corrected chi connectivity index (χ3v) is 3.03. The van der Waals surface area contributed by atoms with Gasteiger partial charge in [-0.2, -0.15) is 10.2 Å². The van der Waals surface area contributed by atoms with E-state index in [-0.39, 0.29) is 0 Å². The number of rotatable bonds is 2. The highest BCUT2D eigenvalue weighted by molar-refractivity contribution is 5.67. The summed E-state index contributed by atoms with van der Waals surface area (Å²) in [6.45, 7) is 1.97. The molecule has 0 aromatic carbocycles. The molecule has 0 aliphatic carbocycles. The van der Waals surface area contributed by atoms with Gasteiger partial charge in [-0.15, -0.1) is 10.2 Å². The molecule has 1 saturated heterocycles. The van der Waals surface area contributed by atoms with Crippen LogP contribution >= 0.6 is 0 Å². The normalized spacial score (nSPS) is 15.9. The lowest BCUT2D eigenvalue weighted by Crippen LogP contribution is -2.31. The smallest absolute Gasteiger partial charge is 0.227 e. The van der Waals surface area contributed by atoms with Gasteiger partial charge in [0.2, 0.25) is 11.8 Å². The van der Waals surface area contributed by atoms with E-state index in [0.29, 0.717) is 23.2 Å². The summed E-state index contributed by atoms with van der Waals surface area (Å²) in [4.78, 5) is 10.8. The molecule has 3 rings (SSSR count). The van der Waals surface area contributed by atoms with Gasteiger partial charge in [-0.1, -0.05) is 0 Å². The van der Waals surface area contributed by atoms with Crippen molar-refractivity contribution in [1.82, 2.24) is 30.6 Å². The molecule has 0 spiro atoms. The van der Waals surface area contributed by atoms with E-state index in [0.717, 1.165) is 13.1 Å².